The predicted octanol–water partition coefficient (Wildman–Crippen LogP) is 5.35. The molecule has 26 nitrogen and oxygen atoms in total. The monoisotopic (exact) mass is 1320 g/mol. The summed E-state index contributed by atoms with van der Waals surface area (Å²) in [5, 5.41) is 27.2. The van der Waals surface area contributed by atoms with Gasteiger partial charge in [0.15, 0.2) is 6.10 Å². The van der Waals surface area contributed by atoms with E-state index in [1.807, 2.05) is 0 Å². The molecule has 0 aliphatic rings. The Morgan fingerprint density at radius 2 is 0.609 bits per heavy atom. The van der Waals surface area contributed by atoms with Crippen LogP contribution in [-0.4, -0.2) is 134 Å². The summed E-state index contributed by atoms with van der Waals surface area (Å²) in [5.74, 6) is -2.64. The first-order chi connectivity index (χ1) is 33.7. The summed E-state index contributed by atoms with van der Waals surface area (Å²) in [6.07, 6.45) is -3.26. The van der Waals surface area contributed by atoms with E-state index in [9.17, 15) is 24.0 Å². The molecule has 0 radical (unpaired) electrons. The van der Waals surface area contributed by atoms with E-state index in [0.717, 1.165) is 6.26 Å². The van der Waals surface area contributed by atoms with E-state index in [0.29, 0.717) is 0 Å². The fourth-order valence-corrected chi connectivity index (χ4v) is 3.62. The van der Waals surface area contributed by atoms with Crippen molar-refractivity contribution in [3.63, 3.8) is 0 Å². The number of hydrogen-bond donors (Lipinski definition) is 5. The zero-order chi connectivity index (χ0) is 56.7. The van der Waals surface area contributed by atoms with E-state index >= 15 is 0 Å². The number of hydrogen-bond acceptors (Lipinski definition) is 26. The standard InChI is InChI=1S/C33H51O16.5Co.5H2NS.5O/c1-7-27(34)44-15-13-39-23-25(42-17-19-46-29(36)9-3)32(41-12-6)33(49-22-21-48-31(38)11-5)26(43-18-20-47-30(37)10-4)24-40-14-16-45-28(35)8-2;;;;;;5*1-2;;;;;/h12,25-26,32-33H,1-11,13-24H2;;;;;;5*1-2H;;;;;/q-5;;;;;;5*-1;;;;;. The van der Waals surface area contributed by atoms with Crippen LogP contribution in [0, 0.1) is 34.6 Å². The number of carbonyl (C=O) groups excluding carboxylic acids is 5. The molecule has 0 spiro atoms. The van der Waals surface area contributed by atoms with Gasteiger partial charge in [0.2, 0.25) is 0 Å². The van der Waals surface area contributed by atoms with Crippen molar-refractivity contribution in [1.29, 1.82) is 0 Å². The van der Waals surface area contributed by atoms with E-state index < -0.39 is 54.3 Å². The molecule has 0 aliphatic heterocycles. The molecule has 36 heteroatoms. The van der Waals surface area contributed by atoms with E-state index in [1.165, 1.54) is 0 Å². The third-order valence-corrected chi connectivity index (χ3v) is 5.89. The van der Waals surface area contributed by atoms with Crippen LogP contribution in [0.2, 0.25) is 0 Å². The van der Waals surface area contributed by atoms with E-state index in [-0.39, 0.29) is 111 Å². The normalized spacial score (nSPS) is 10.3. The maximum absolute atomic E-state index is 11.7. The van der Waals surface area contributed by atoms with Gasteiger partial charge in [0, 0.05) is 0 Å². The number of carbonyl (C=O) groups is 5. The summed E-state index contributed by atoms with van der Waals surface area (Å²) in [5.41, 5.74) is 0. The second kappa shape index (κ2) is 97.1. The Hall–Kier alpha value is -0.228. The van der Waals surface area contributed by atoms with Crippen LogP contribution < -0.4 is 0 Å². The molecular weight excluding hydrogens is 1260 g/mol. The summed E-state index contributed by atoms with van der Waals surface area (Å²) in [4.78, 5) is 57.9. The molecule has 0 aliphatic carbocycles. The maximum atomic E-state index is 11.7. The molecule has 0 bridgehead atoms. The topological polar surface area (TPSA) is 391 Å². The molecule has 429 valence electrons. The summed E-state index contributed by atoms with van der Waals surface area (Å²) in [6.45, 7) is 19.8. The fourth-order valence-electron chi connectivity index (χ4n) is 3.62. The van der Waals surface area contributed by atoms with Crippen molar-refractivity contribution in [2.75, 3.05) is 79.3 Å². The van der Waals surface area contributed by atoms with Crippen molar-refractivity contribution in [3.8, 4) is 0 Å². The van der Waals surface area contributed by atoms with Crippen LogP contribution in [0.4, 0.5) is 0 Å². The third kappa shape index (κ3) is 76.8. The van der Waals surface area contributed by atoms with Gasteiger partial charge in [-0.3, -0.25) is 24.0 Å². The SMILES string of the molecule is C=COC(C(COCCOC(=O)C[CH2-])OCCOC(=O)C[CH2-])C(OCCOC(=O)C[CH2-])C(COCCOC(=O)C[CH2-])OCCOC(=O)C[CH2-].[NH-]S.[NH-]S.[NH-]S.[NH-]S.[NH-]S.[O]=[Co].[O]=[Co].[O]=[Co].[O]=[Co].[O]=[Co]. The van der Waals surface area contributed by atoms with Gasteiger partial charge in [-0.05, 0) is 0 Å². The van der Waals surface area contributed by atoms with Crippen molar-refractivity contribution in [2.45, 2.75) is 56.5 Å². The van der Waals surface area contributed by atoms with Crippen LogP contribution in [0.1, 0.15) is 32.1 Å². The molecule has 69 heavy (non-hydrogen) atoms. The minimum atomic E-state index is -1.07. The van der Waals surface area contributed by atoms with Crippen molar-refractivity contribution in [2.24, 2.45) is 0 Å². The number of ether oxygens (including phenoxy) is 11. The minimum absolute atomic E-state index is 0.0118. The molecule has 0 rings (SSSR count). The van der Waals surface area contributed by atoms with Gasteiger partial charge in [0.25, 0.3) is 29.8 Å². The number of rotatable bonds is 32. The molecule has 5 N–H and O–H groups in total. The molecule has 0 amide bonds. The van der Waals surface area contributed by atoms with Crippen LogP contribution in [0.3, 0.4) is 0 Å². The second-order valence-corrected chi connectivity index (χ2v) is 9.42. The molecule has 0 aromatic rings. The zero-order valence-corrected chi connectivity index (χ0v) is 46.3. The summed E-state index contributed by atoms with van der Waals surface area (Å²) < 4.78 is 101. The van der Waals surface area contributed by atoms with Crippen molar-refractivity contribution < 1.29 is 174 Å². The Labute approximate surface area is 472 Å². The fraction of sp³-hybridized carbons (Fsp3) is 0.636. The number of esters is 5. The molecule has 0 fully saturated rings. The van der Waals surface area contributed by atoms with Gasteiger partial charge in [-0.25, -0.2) is 0 Å². The Bertz CT molecular complexity index is 1070. The van der Waals surface area contributed by atoms with E-state index in [2.05, 4.69) is 184 Å². The first-order valence-electron chi connectivity index (χ1n) is 17.5. The number of nitrogens with one attached hydrogen (secondary N) is 5. The molecule has 4 unspecified atom stereocenters. The Balaban J connectivity index is -0.000000164. The quantitative estimate of drug-likeness (QED) is 0.0141. The van der Waals surface area contributed by atoms with Gasteiger partial charge in [0.1, 0.15) is 51.3 Å². The third-order valence-electron chi connectivity index (χ3n) is 5.89. The van der Waals surface area contributed by atoms with Gasteiger partial charge in [-0.15, -0.1) is 0 Å². The zero-order valence-electron chi connectivity index (χ0n) is 36.6. The van der Waals surface area contributed by atoms with Crippen molar-refractivity contribution in [1.82, 2.24) is 0 Å². The van der Waals surface area contributed by atoms with Crippen LogP contribution in [0.25, 0.3) is 25.7 Å². The molecule has 0 aromatic carbocycles. The van der Waals surface area contributed by atoms with Crippen molar-refractivity contribution in [3.05, 3.63) is 73.2 Å². The summed E-state index contributed by atoms with van der Waals surface area (Å²) >= 11 is 25.5. The van der Waals surface area contributed by atoms with Crippen LogP contribution >= 0.6 is 64.1 Å². The first kappa shape index (κ1) is 94.6. The van der Waals surface area contributed by atoms with Gasteiger partial charge < -0.3 is 176 Å². The number of thiol groups is 5. The molecule has 4 atom stereocenters. The average molecular weight is 1320 g/mol. The van der Waals surface area contributed by atoms with E-state index in [1.54, 1.807) is 0 Å². The van der Waals surface area contributed by atoms with Gasteiger partial charge in [-0.2, -0.15) is 0 Å². The second-order valence-electron chi connectivity index (χ2n) is 9.42. The van der Waals surface area contributed by atoms with Crippen LogP contribution in [0.15, 0.2) is 12.8 Å². The van der Waals surface area contributed by atoms with E-state index in [4.69, 9.17) is 97.1 Å². The van der Waals surface area contributed by atoms with Gasteiger partial charge in [0.05, 0.1) is 52.5 Å². The molecule has 0 aromatic heterocycles. The Morgan fingerprint density at radius 3 is 0.841 bits per heavy atom. The Kier molecular flexibility index (Phi) is 133. The first-order valence-corrected chi connectivity index (χ1v) is 21.8. The predicted molar refractivity (Wildman–Crippen MR) is 241 cm³/mol. The van der Waals surface area contributed by atoms with Gasteiger partial charge in [-0.1, -0.05) is 38.7 Å². The van der Waals surface area contributed by atoms with Crippen LogP contribution in [-0.2, 0) is 174 Å². The summed E-state index contributed by atoms with van der Waals surface area (Å²) in [7, 11) is 0. The molecule has 0 heterocycles. The molecular formula is C33H61Co5N5O21S5-10. The molecule has 0 saturated carbocycles. The average Bonchev–Trinajstić information content (AvgIpc) is 3.44. The summed E-state index contributed by atoms with van der Waals surface area (Å²) in [6, 6.07) is 0. The van der Waals surface area contributed by atoms with Crippen LogP contribution in [0.5, 0.6) is 0 Å². The van der Waals surface area contributed by atoms with Gasteiger partial charge >= 0.3 is 97.7 Å². The Morgan fingerprint density at radius 1 is 0.391 bits per heavy atom. The molecule has 0 saturated heterocycles. The van der Waals surface area contributed by atoms with Crippen molar-refractivity contribution >= 4 is 93.9 Å².